The molecule has 0 aliphatic carbocycles. The molecule has 8 heteroatoms. The third-order valence-electron chi connectivity index (χ3n) is 8.51. The van der Waals surface area contributed by atoms with Gasteiger partial charge in [-0.3, -0.25) is 24.5 Å². The van der Waals surface area contributed by atoms with Gasteiger partial charge in [0.25, 0.3) is 5.91 Å². The molecular formula is C30H26N4O4. The van der Waals surface area contributed by atoms with Gasteiger partial charge in [-0.2, -0.15) is 0 Å². The predicted molar refractivity (Wildman–Crippen MR) is 141 cm³/mol. The van der Waals surface area contributed by atoms with Crippen molar-refractivity contribution in [2.75, 3.05) is 27.8 Å². The quantitative estimate of drug-likeness (QED) is 0.552. The van der Waals surface area contributed by atoms with Crippen LogP contribution in [0.25, 0.3) is 0 Å². The number of nitrogens with zero attached hydrogens (tertiary/aromatic N) is 3. The number of hydrogen-bond donors (Lipinski definition) is 1. The molecule has 4 aliphatic heterocycles. The molecular weight excluding hydrogens is 480 g/mol. The molecule has 3 aromatic carbocycles. The molecule has 190 valence electrons. The Morgan fingerprint density at radius 1 is 0.895 bits per heavy atom. The highest BCUT2D eigenvalue weighted by Gasteiger charge is 2.71. The van der Waals surface area contributed by atoms with Crippen molar-refractivity contribution in [3.05, 3.63) is 90.0 Å². The highest BCUT2D eigenvalue weighted by Crippen LogP contribution is 2.55. The van der Waals surface area contributed by atoms with Gasteiger partial charge in [0.2, 0.25) is 17.7 Å². The third-order valence-corrected chi connectivity index (χ3v) is 8.51. The summed E-state index contributed by atoms with van der Waals surface area (Å²) in [7, 11) is 0. The molecule has 0 radical (unpaired) electrons. The Morgan fingerprint density at radius 2 is 1.58 bits per heavy atom. The first-order valence-corrected chi connectivity index (χ1v) is 12.9. The van der Waals surface area contributed by atoms with E-state index in [2.05, 4.69) is 5.32 Å². The Morgan fingerprint density at radius 3 is 2.37 bits per heavy atom. The minimum atomic E-state index is -1.42. The first-order valence-electron chi connectivity index (χ1n) is 12.9. The summed E-state index contributed by atoms with van der Waals surface area (Å²) in [6.07, 6.45) is 0.769. The van der Waals surface area contributed by atoms with Gasteiger partial charge in [0.05, 0.1) is 17.5 Å². The van der Waals surface area contributed by atoms with Crippen LogP contribution in [0.5, 0.6) is 0 Å². The summed E-state index contributed by atoms with van der Waals surface area (Å²) in [5.41, 5.74) is 2.29. The number of carbonyl (C=O) groups is 4. The molecule has 0 bridgehead atoms. The van der Waals surface area contributed by atoms with Crippen LogP contribution < -0.4 is 20.0 Å². The van der Waals surface area contributed by atoms with Crippen LogP contribution in [-0.4, -0.2) is 42.8 Å². The Hall–Kier alpha value is -4.30. The van der Waals surface area contributed by atoms with Crippen LogP contribution in [-0.2, 0) is 31.1 Å². The van der Waals surface area contributed by atoms with Gasteiger partial charge in [-0.25, -0.2) is 4.90 Å². The van der Waals surface area contributed by atoms with Gasteiger partial charge in [-0.05, 0) is 43.2 Å². The number of imide groups is 1. The standard InChI is InChI=1S/C30H26N4O4/c1-18-25-26(28(37)34(27(25)36)20-10-3-2-4-11-20)30(31-18)21-12-6-8-14-23(21)33(29(30)38)17-24(35)32-16-15-19-9-5-7-13-22(19)32/h2-14,18,25-26,31H,15-17H2,1H3/t18-,25-,26+,30+/m1/s1. The summed E-state index contributed by atoms with van der Waals surface area (Å²) in [6, 6.07) is 23.5. The maximum absolute atomic E-state index is 14.4. The maximum atomic E-state index is 14.4. The minimum absolute atomic E-state index is 0.149. The average Bonchev–Trinajstić information content (AvgIpc) is 3.63. The topological polar surface area (TPSA) is 90.0 Å². The van der Waals surface area contributed by atoms with Gasteiger partial charge in [-0.15, -0.1) is 0 Å². The van der Waals surface area contributed by atoms with Crippen molar-refractivity contribution in [1.82, 2.24) is 5.32 Å². The molecule has 0 unspecified atom stereocenters. The summed E-state index contributed by atoms with van der Waals surface area (Å²) in [4.78, 5) is 59.9. The van der Waals surface area contributed by atoms with Crippen molar-refractivity contribution in [2.24, 2.45) is 11.8 Å². The number of amides is 4. The van der Waals surface area contributed by atoms with E-state index in [4.69, 9.17) is 0 Å². The largest absolute Gasteiger partial charge is 0.310 e. The van der Waals surface area contributed by atoms with Gasteiger partial charge in [0.15, 0.2) is 0 Å². The summed E-state index contributed by atoms with van der Waals surface area (Å²) in [5.74, 6) is -2.86. The second kappa shape index (κ2) is 8.10. The molecule has 4 atom stereocenters. The zero-order chi connectivity index (χ0) is 26.2. The summed E-state index contributed by atoms with van der Waals surface area (Å²) < 4.78 is 0. The number of benzene rings is 3. The smallest absolute Gasteiger partial charge is 0.253 e. The Balaban J connectivity index is 1.28. The summed E-state index contributed by atoms with van der Waals surface area (Å²) in [5, 5.41) is 3.37. The average molecular weight is 507 g/mol. The fraction of sp³-hybridized carbons (Fsp3) is 0.267. The summed E-state index contributed by atoms with van der Waals surface area (Å²) in [6.45, 7) is 2.26. The van der Waals surface area contributed by atoms with E-state index >= 15 is 0 Å². The molecule has 2 fully saturated rings. The fourth-order valence-electron chi connectivity index (χ4n) is 6.92. The van der Waals surface area contributed by atoms with E-state index in [1.807, 2.05) is 61.5 Å². The van der Waals surface area contributed by atoms with Gasteiger partial charge in [-0.1, -0.05) is 54.6 Å². The second-order valence-corrected chi connectivity index (χ2v) is 10.4. The molecule has 1 N–H and O–H groups in total. The van der Waals surface area contributed by atoms with E-state index in [1.54, 1.807) is 29.2 Å². The number of carbonyl (C=O) groups excluding carboxylic acids is 4. The second-order valence-electron chi connectivity index (χ2n) is 10.4. The molecule has 7 rings (SSSR count). The molecule has 0 saturated carbocycles. The van der Waals surface area contributed by atoms with Gasteiger partial charge >= 0.3 is 0 Å². The SMILES string of the molecule is C[C@H]1N[C@]2(C(=O)N(CC(=O)N3CCc4ccccc43)c3ccccc32)[C@@H]2C(=O)N(c3ccccc3)C(=O)[C@@H]21. The zero-order valence-electron chi connectivity index (χ0n) is 20.8. The lowest BCUT2D eigenvalue weighted by molar-refractivity contribution is -0.132. The maximum Gasteiger partial charge on any atom is 0.253 e. The minimum Gasteiger partial charge on any atom is -0.310 e. The lowest BCUT2D eigenvalue weighted by atomic mass is 9.76. The van der Waals surface area contributed by atoms with Crippen LogP contribution in [0.2, 0.25) is 0 Å². The van der Waals surface area contributed by atoms with E-state index in [-0.39, 0.29) is 24.3 Å². The van der Waals surface area contributed by atoms with Gasteiger partial charge < -0.3 is 9.80 Å². The molecule has 4 aliphatic rings. The van der Waals surface area contributed by atoms with Crippen LogP contribution in [0.4, 0.5) is 17.1 Å². The Bertz CT molecular complexity index is 1520. The normalized spacial score (nSPS) is 27.3. The van der Waals surface area contributed by atoms with Crippen LogP contribution in [0.1, 0.15) is 18.1 Å². The molecule has 4 heterocycles. The number of fused-ring (bicyclic) bond motifs is 5. The van der Waals surface area contributed by atoms with Crippen LogP contribution in [0.3, 0.4) is 0 Å². The van der Waals surface area contributed by atoms with Crippen molar-refractivity contribution in [3.8, 4) is 0 Å². The number of hydrogen-bond acceptors (Lipinski definition) is 5. The number of anilines is 3. The fourth-order valence-corrected chi connectivity index (χ4v) is 6.92. The van der Waals surface area contributed by atoms with E-state index in [0.717, 1.165) is 17.7 Å². The molecule has 38 heavy (non-hydrogen) atoms. The molecule has 0 aromatic heterocycles. The van der Waals surface area contributed by atoms with E-state index in [1.165, 1.54) is 9.80 Å². The Labute approximate surface area is 219 Å². The van der Waals surface area contributed by atoms with Crippen molar-refractivity contribution < 1.29 is 19.2 Å². The van der Waals surface area contributed by atoms with Crippen molar-refractivity contribution in [3.63, 3.8) is 0 Å². The molecule has 2 saturated heterocycles. The molecule has 3 aromatic rings. The molecule has 1 spiro atoms. The van der Waals surface area contributed by atoms with Crippen LogP contribution in [0.15, 0.2) is 78.9 Å². The lowest BCUT2D eigenvalue weighted by Crippen LogP contribution is -2.56. The lowest BCUT2D eigenvalue weighted by Gasteiger charge is -2.30. The highest BCUT2D eigenvalue weighted by molar-refractivity contribution is 6.26. The van der Waals surface area contributed by atoms with E-state index < -0.39 is 29.3 Å². The molecule has 4 amide bonds. The number of para-hydroxylation sites is 3. The highest BCUT2D eigenvalue weighted by atomic mass is 16.2. The summed E-state index contributed by atoms with van der Waals surface area (Å²) >= 11 is 0. The zero-order valence-corrected chi connectivity index (χ0v) is 20.8. The first-order chi connectivity index (χ1) is 18.4. The van der Waals surface area contributed by atoms with Gasteiger partial charge in [0, 0.05) is 29.5 Å². The monoisotopic (exact) mass is 506 g/mol. The first kappa shape index (κ1) is 22.9. The van der Waals surface area contributed by atoms with E-state index in [9.17, 15) is 19.2 Å². The Kier molecular flexibility index (Phi) is 4.87. The number of nitrogens with one attached hydrogen (secondary N) is 1. The number of rotatable bonds is 3. The van der Waals surface area contributed by atoms with Crippen molar-refractivity contribution >= 4 is 40.7 Å². The van der Waals surface area contributed by atoms with Crippen molar-refractivity contribution in [2.45, 2.75) is 24.9 Å². The van der Waals surface area contributed by atoms with Gasteiger partial charge in [0.1, 0.15) is 12.1 Å². The van der Waals surface area contributed by atoms with Crippen molar-refractivity contribution in [1.29, 1.82) is 0 Å². The van der Waals surface area contributed by atoms with Crippen LogP contribution in [0, 0.1) is 11.8 Å². The predicted octanol–water partition coefficient (Wildman–Crippen LogP) is 2.62. The molecule has 8 nitrogen and oxygen atoms in total. The van der Waals surface area contributed by atoms with E-state index in [0.29, 0.717) is 23.5 Å². The third kappa shape index (κ3) is 2.89. The van der Waals surface area contributed by atoms with Crippen LogP contribution >= 0.6 is 0 Å².